The molecule has 0 aliphatic carbocycles. The van der Waals surface area contributed by atoms with Crippen LogP contribution >= 0.6 is 0 Å². The number of amides is 1. The van der Waals surface area contributed by atoms with Crippen LogP contribution in [0.4, 0.5) is 5.69 Å². The van der Waals surface area contributed by atoms with Crippen molar-refractivity contribution in [3.8, 4) is 11.5 Å². The van der Waals surface area contributed by atoms with Crippen LogP contribution in [0.25, 0.3) is 0 Å². The number of ether oxygens (including phenoxy) is 2. The zero-order chi connectivity index (χ0) is 18.4. The highest BCUT2D eigenvalue weighted by Gasteiger charge is 2.22. The van der Waals surface area contributed by atoms with Gasteiger partial charge in [0.2, 0.25) is 0 Å². The molecular formula is C21H26N2O3. The van der Waals surface area contributed by atoms with Crippen LogP contribution in [-0.4, -0.2) is 50.7 Å². The van der Waals surface area contributed by atoms with Crippen LogP contribution in [0, 0.1) is 0 Å². The van der Waals surface area contributed by atoms with E-state index in [9.17, 15) is 4.79 Å². The van der Waals surface area contributed by atoms with Crippen LogP contribution in [0.2, 0.25) is 0 Å². The van der Waals surface area contributed by atoms with Gasteiger partial charge in [0, 0.05) is 37.4 Å². The third-order valence-electron chi connectivity index (χ3n) is 4.56. The van der Waals surface area contributed by atoms with Crippen molar-refractivity contribution in [2.75, 3.05) is 44.8 Å². The Bertz CT molecular complexity index is 722. The van der Waals surface area contributed by atoms with E-state index in [-0.39, 0.29) is 5.91 Å². The molecule has 0 spiro atoms. The van der Waals surface area contributed by atoms with Crippen molar-refractivity contribution in [3.63, 3.8) is 0 Å². The summed E-state index contributed by atoms with van der Waals surface area (Å²) in [6, 6.07) is 15.5. The van der Waals surface area contributed by atoms with Crippen LogP contribution in [0.1, 0.15) is 23.7 Å². The van der Waals surface area contributed by atoms with Crippen LogP contribution in [0.5, 0.6) is 11.5 Å². The normalized spacial score (nSPS) is 14.2. The van der Waals surface area contributed by atoms with Gasteiger partial charge in [0.25, 0.3) is 5.91 Å². The summed E-state index contributed by atoms with van der Waals surface area (Å²) >= 11 is 0. The van der Waals surface area contributed by atoms with Crippen LogP contribution < -0.4 is 14.4 Å². The summed E-state index contributed by atoms with van der Waals surface area (Å²) in [6.45, 7) is 5.81. The molecule has 138 valence electrons. The van der Waals surface area contributed by atoms with E-state index in [0.717, 1.165) is 36.7 Å². The van der Waals surface area contributed by atoms with Crippen LogP contribution in [0.15, 0.2) is 48.5 Å². The Balaban J connectivity index is 1.59. The molecule has 0 N–H and O–H groups in total. The van der Waals surface area contributed by atoms with E-state index < -0.39 is 0 Å². The quantitative estimate of drug-likeness (QED) is 0.797. The topological polar surface area (TPSA) is 42.0 Å². The fourth-order valence-corrected chi connectivity index (χ4v) is 3.08. The Hall–Kier alpha value is -2.69. The second-order valence-electron chi connectivity index (χ2n) is 6.35. The molecule has 1 aliphatic rings. The molecular weight excluding hydrogens is 328 g/mol. The predicted molar refractivity (Wildman–Crippen MR) is 103 cm³/mol. The maximum atomic E-state index is 12.8. The van der Waals surface area contributed by atoms with Gasteiger partial charge in [-0.3, -0.25) is 4.79 Å². The van der Waals surface area contributed by atoms with Gasteiger partial charge in [0.15, 0.2) is 0 Å². The first-order valence-electron chi connectivity index (χ1n) is 9.12. The Morgan fingerprint density at radius 2 is 1.73 bits per heavy atom. The van der Waals surface area contributed by atoms with Crippen LogP contribution in [-0.2, 0) is 0 Å². The van der Waals surface area contributed by atoms with Crippen molar-refractivity contribution in [1.82, 2.24) is 4.90 Å². The van der Waals surface area contributed by atoms with E-state index in [4.69, 9.17) is 9.47 Å². The number of carbonyl (C=O) groups excluding carboxylic acids is 1. The molecule has 0 saturated carbocycles. The lowest BCUT2D eigenvalue weighted by Gasteiger charge is -2.36. The lowest BCUT2D eigenvalue weighted by molar-refractivity contribution is 0.0746. The van der Waals surface area contributed by atoms with E-state index in [1.807, 2.05) is 41.3 Å². The number of rotatable bonds is 6. The van der Waals surface area contributed by atoms with E-state index in [0.29, 0.717) is 25.3 Å². The van der Waals surface area contributed by atoms with E-state index in [1.54, 1.807) is 7.11 Å². The molecule has 2 aromatic rings. The molecule has 0 atom stereocenters. The molecule has 5 heteroatoms. The zero-order valence-corrected chi connectivity index (χ0v) is 15.5. The molecule has 1 heterocycles. The Kier molecular flexibility index (Phi) is 6.00. The molecule has 26 heavy (non-hydrogen) atoms. The molecule has 0 radical (unpaired) electrons. The number of hydrogen-bond donors (Lipinski definition) is 0. The zero-order valence-electron chi connectivity index (χ0n) is 15.5. The highest BCUT2D eigenvalue weighted by atomic mass is 16.5. The summed E-state index contributed by atoms with van der Waals surface area (Å²) in [7, 11) is 1.67. The second kappa shape index (κ2) is 8.61. The highest BCUT2D eigenvalue weighted by Crippen LogP contribution is 2.21. The molecule has 5 nitrogen and oxygen atoms in total. The van der Waals surface area contributed by atoms with Gasteiger partial charge in [0.1, 0.15) is 11.5 Å². The number of methoxy groups -OCH3 is 1. The smallest absolute Gasteiger partial charge is 0.254 e. The first-order chi connectivity index (χ1) is 12.7. The molecule has 0 aromatic heterocycles. The third kappa shape index (κ3) is 4.28. The Morgan fingerprint density at radius 3 is 2.38 bits per heavy atom. The number of benzene rings is 2. The van der Waals surface area contributed by atoms with Gasteiger partial charge in [-0.1, -0.05) is 13.0 Å². The number of anilines is 1. The Morgan fingerprint density at radius 1 is 1.00 bits per heavy atom. The van der Waals surface area contributed by atoms with Crippen molar-refractivity contribution in [1.29, 1.82) is 0 Å². The lowest BCUT2D eigenvalue weighted by atomic mass is 10.1. The molecule has 1 saturated heterocycles. The summed E-state index contributed by atoms with van der Waals surface area (Å²) in [6.07, 6.45) is 0.950. The first-order valence-corrected chi connectivity index (χ1v) is 9.12. The van der Waals surface area contributed by atoms with E-state index >= 15 is 0 Å². The van der Waals surface area contributed by atoms with Crippen molar-refractivity contribution in [3.05, 3.63) is 54.1 Å². The molecule has 0 bridgehead atoms. The van der Waals surface area contributed by atoms with Gasteiger partial charge in [-0.25, -0.2) is 0 Å². The maximum absolute atomic E-state index is 12.8. The summed E-state index contributed by atoms with van der Waals surface area (Å²) in [5.41, 5.74) is 1.85. The van der Waals surface area contributed by atoms with E-state index in [1.165, 1.54) is 0 Å². The van der Waals surface area contributed by atoms with Gasteiger partial charge >= 0.3 is 0 Å². The minimum Gasteiger partial charge on any atom is -0.497 e. The van der Waals surface area contributed by atoms with Gasteiger partial charge < -0.3 is 19.3 Å². The van der Waals surface area contributed by atoms with E-state index in [2.05, 4.69) is 24.0 Å². The number of piperazine rings is 1. The average molecular weight is 354 g/mol. The third-order valence-corrected chi connectivity index (χ3v) is 4.56. The molecule has 0 unspecified atom stereocenters. The summed E-state index contributed by atoms with van der Waals surface area (Å²) < 4.78 is 10.8. The van der Waals surface area contributed by atoms with Crippen molar-refractivity contribution in [2.45, 2.75) is 13.3 Å². The molecule has 1 fully saturated rings. The lowest BCUT2D eigenvalue weighted by Crippen LogP contribution is -2.48. The fraction of sp³-hybridized carbons (Fsp3) is 0.381. The molecule has 2 aromatic carbocycles. The molecule has 3 rings (SSSR count). The summed E-state index contributed by atoms with van der Waals surface area (Å²) in [5, 5.41) is 0. The number of nitrogens with zero attached hydrogens (tertiary/aromatic N) is 2. The fourth-order valence-electron chi connectivity index (χ4n) is 3.08. The van der Waals surface area contributed by atoms with Gasteiger partial charge in [-0.05, 0) is 48.9 Å². The van der Waals surface area contributed by atoms with Gasteiger partial charge in [0.05, 0.1) is 13.7 Å². The van der Waals surface area contributed by atoms with Gasteiger partial charge in [-0.2, -0.15) is 0 Å². The highest BCUT2D eigenvalue weighted by molar-refractivity contribution is 5.94. The minimum atomic E-state index is 0.0707. The number of carbonyl (C=O) groups is 1. The number of hydrogen-bond acceptors (Lipinski definition) is 4. The van der Waals surface area contributed by atoms with Crippen molar-refractivity contribution in [2.24, 2.45) is 0 Å². The molecule has 1 amide bonds. The minimum absolute atomic E-state index is 0.0707. The Labute approximate surface area is 155 Å². The van der Waals surface area contributed by atoms with Gasteiger partial charge in [-0.15, -0.1) is 0 Å². The SMILES string of the molecule is CCCOc1cccc(C(=O)N2CCN(c3ccc(OC)cc3)CC2)c1. The predicted octanol–water partition coefficient (Wildman–Crippen LogP) is 3.45. The average Bonchev–Trinajstić information content (AvgIpc) is 2.72. The largest absolute Gasteiger partial charge is 0.497 e. The summed E-state index contributed by atoms with van der Waals surface area (Å²) in [5.74, 6) is 1.68. The maximum Gasteiger partial charge on any atom is 0.254 e. The van der Waals surface area contributed by atoms with Crippen molar-refractivity contribution >= 4 is 11.6 Å². The standard InChI is InChI=1S/C21H26N2O3/c1-3-15-26-20-6-4-5-17(16-20)21(24)23-13-11-22(12-14-23)18-7-9-19(25-2)10-8-18/h4-10,16H,3,11-15H2,1-2H3. The monoisotopic (exact) mass is 354 g/mol. The molecule has 1 aliphatic heterocycles. The van der Waals surface area contributed by atoms with Crippen LogP contribution in [0.3, 0.4) is 0 Å². The second-order valence-corrected chi connectivity index (χ2v) is 6.35. The first kappa shape index (κ1) is 18.1. The van der Waals surface area contributed by atoms with Crippen molar-refractivity contribution < 1.29 is 14.3 Å². The summed E-state index contributed by atoms with van der Waals surface area (Å²) in [4.78, 5) is 17.0.